The first-order valence-electron chi connectivity index (χ1n) is 12.0. The van der Waals surface area contributed by atoms with Crippen molar-refractivity contribution in [2.24, 2.45) is 5.92 Å². The fourth-order valence-corrected chi connectivity index (χ4v) is 4.90. The number of piperidine rings is 1. The van der Waals surface area contributed by atoms with Crippen molar-refractivity contribution in [1.82, 2.24) is 14.7 Å². The van der Waals surface area contributed by atoms with E-state index >= 15 is 0 Å². The fourth-order valence-electron chi connectivity index (χ4n) is 4.90. The summed E-state index contributed by atoms with van der Waals surface area (Å²) in [6.07, 6.45) is 2.27. The van der Waals surface area contributed by atoms with Crippen molar-refractivity contribution in [3.63, 3.8) is 0 Å². The third-order valence-corrected chi connectivity index (χ3v) is 6.75. The average Bonchev–Trinajstić information content (AvgIpc) is 2.81. The minimum Gasteiger partial charge on any atom is -0.303 e. The predicted octanol–water partition coefficient (Wildman–Crippen LogP) is 3.29. The van der Waals surface area contributed by atoms with E-state index in [2.05, 4.69) is 11.0 Å². The van der Waals surface area contributed by atoms with Crippen LogP contribution in [0.4, 0.5) is 4.39 Å². The molecule has 2 aliphatic rings. The van der Waals surface area contributed by atoms with Crippen LogP contribution in [0.1, 0.15) is 40.7 Å². The Morgan fingerprint density at radius 2 is 1.62 bits per heavy atom. The lowest BCUT2D eigenvalue weighted by atomic mass is 9.89. The summed E-state index contributed by atoms with van der Waals surface area (Å²) in [6.45, 7) is 5.99. The van der Waals surface area contributed by atoms with Gasteiger partial charge in [0.25, 0.3) is 0 Å². The van der Waals surface area contributed by atoms with Crippen LogP contribution in [0.5, 0.6) is 0 Å². The van der Waals surface area contributed by atoms with E-state index in [1.807, 2.05) is 30.0 Å². The number of imide groups is 1. The van der Waals surface area contributed by atoms with Gasteiger partial charge in [0.05, 0.1) is 13.1 Å². The van der Waals surface area contributed by atoms with Crippen LogP contribution in [0.15, 0.2) is 48.5 Å². The Kier molecular flexibility index (Phi) is 7.85. The molecule has 7 heteroatoms. The molecule has 0 radical (unpaired) electrons. The van der Waals surface area contributed by atoms with E-state index < -0.39 is 0 Å². The molecule has 0 unspecified atom stereocenters. The van der Waals surface area contributed by atoms with E-state index in [0.29, 0.717) is 18.7 Å². The zero-order chi connectivity index (χ0) is 24.1. The molecule has 2 amide bonds. The maximum Gasteiger partial charge on any atom is 0.243 e. The first-order valence-corrected chi connectivity index (χ1v) is 12.0. The number of carbonyl (C=O) groups is 3. The Morgan fingerprint density at radius 1 is 0.941 bits per heavy atom. The number of Topliss-reactive ketones (excluding diaryl/α,β-unsaturated/α-hetero) is 1. The van der Waals surface area contributed by atoms with Gasteiger partial charge in [0.2, 0.25) is 11.8 Å². The fraction of sp³-hybridized carbons (Fsp3) is 0.444. The molecular formula is C27H32FN3O3. The monoisotopic (exact) mass is 465 g/mol. The molecule has 0 spiro atoms. The molecule has 2 aromatic rings. The van der Waals surface area contributed by atoms with Gasteiger partial charge in [0.15, 0.2) is 5.78 Å². The number of nitrogens with zero attached hydrogens (tertiary/aromatic N) is 3. The van der Waals surface area contributed by atoms with Crippen molar-refractivity contribution in [3.05, 3.63) is 71.0 Å². The number of aryl methyl sites for hydroxylation is 1. The topological polar surface area (TPSA) is 60.9 Å². The van der Waals surface area contributed by atoms with Crippen LogP contribution in [-0.2, 0) is 16.1 Å². The molecule has 2 aromatic carbocycles. The summed E-state index contributed by atoms with van der Waals surface area (Å²) in [5.41, 5.74) is 2.84. The standard InChI is InChI=1S/C27H32FN3O3/c1-20-4-2-5-21(16-20)17-30-18-25(32)31(26(33)19-30)13-3-12-29-14-10-23(11-15-29)27(34)22-6-8-24(28)9-7-22/h2,4-9,16,23H,3,10-15,17-19H2,1H3. The molecule has 6 nitrogen and oxygen atoms in total. The number of likely N-dealkylation sites (tertiary alicyclic amines) is 1. The van der Waals surface area contributed by atoms with E-state index in [0.717, 1.165) is 50.0 Å². The number of ketones is 1. The van der Waals surface area contributed by atoms with Crippen molar-refractivity contribution < 1.29 is 18.8 Å². The minimum atomic E-state index is -0.337. The number of rotatable bonds is 8. The molecule has 2 fully saturated rings. The molecule has 0 atom stereocenters. The van der Waals surface area contributed by atoms with Crippen LogP contribution >= 0.6 is 0 Å². The smallest absolute Gasteiger partial charge is 0.243 e. The van der Waals surface area contributed by atoms with Crippen LogP contribution < -0.4 is 0 Å². The number of piperazine rings is 1. The third-order valence-electron chi connectivity index (χ3n) is 6.75. The zero-order valence-corrected chi connectivity index (χ0v) is 19.7. The Labute approximate surface area is 200 Å². The zero-order valence-electron chi connectivity index (χ0n) is 19.7. The van der Waals surface area contributed by atoms with Gasteiger partial charge in [-0.1, -0.05) is 29.8 Å². The van der Waals surface area contributed by atoms with Gasteiger partial charge >= 0.3 is 0 Å². The highest BCUT2D eigenvalue weighted by Crippen LogP contribution is 2.22. The normalized spacial score (nSPS) is 18.5. The molecule has 0 aromatic heterocycles. The van der Waals surface area contributed by atoms with Gasteiger partial charge in [0.1, 0.15) is 5.82 Å². The van der Waals surface area contributed by atoms with Crippen LogP contribution in [0.2, 0.25) is 0 Å². The molecular weight excluding hydrogens is 433 g/mol. The van der Waals surface area contributed by atoms with Crippen molar-refractivity contribution in [1.29, 1.82) is 0 Å². The van der Waals surface area contributed by atoms with E-state index in [-0.39, 0.29) is 42.4 Å². The highest BCUT2D eigenvalue weighted by atomic mass is 19.1. The second kappa shape index (κ2) is 11.0. The second-order valence-electron chi connectivity index (χ2n) is 9.41. The third kappa shape index (κ3) is 6.15. The van der Waals surface area contributed by atoms with Crippen LogP contribution in [-0.4, -0.2) is 71.6 Å². The lowest BCUT2D eigenvalue weighted by Crippen LogP contribution is -2.54. The summed E-state index contributed by atoms with van der Waals surface area (Å²) in [7, 11) is 0. The Balaban J connectivity index is 1.18. The SMILES string of the molecule is Cc1cccc(CN2CC(=O)N(CCCN3CCC(C(=O)c4ccc(F)cc4)CC3)C(=O)C2)c1. The number of halogens is 1. The molecule has 2 aliphatic heterocycles. The molecule has 2 heterocycles. The Hall–Kier alpha value is -2.90. The van der Waals surface area contributed by atoms with Crippen molar-refractivity contribution >= 4 is 17.6 Å². The van der Waals surface area contributed by atoms with Crippen LogP contribution in [0, 0.1) is 18.7 Å². The summed E-state index contributed by atoms with van der Waals surface area (Å²) < 4.78 is 13.1. The summed E-state index contributed by atoms with van der Waals surface area (Å²) >= 11 is 0. The summed E-state index contributed by atoms with van der Waals surface area (Å²) in [6, 6.07) is 13.9. The number of hydrogen-bond donors (Lipinski definition) is 0. The largest absolute Gasteiger partial charge is 0.303 e. The van der Waals surface area contributed by atoms with E-state index in [1.165, 1.54) is 17.0 Å². The van der Waals surface area contributed by atoms with Crippen LogP contribution in [0.25, 0.3) is 0 Å². The maximum atomic E-state index is 13.1. The van der Waals surface area contributed by atoms with Crippen molar-refractivity contribution in [2.75, 3.05) is 39.3 Å². The second-order valence-corrected chi connectivity index (χ2v) is 9.41. The van der Waals surface area contributed by atoms with Gasteiger partial charge < -0.3 is 4.90 Å². The van der Waals surface area contributed by atoms with Gasteiger partial charge in [-0.25, -0.2) is 4.39 Å². The van der Waals surface area contributed by atoms with E-state index in [4.69, 9.17) is 0 Å². The minimum absolute atomic E-state index is 0.0358. The van der Waals surface area contributed by atoms with Crippen molar-refractivity contribution in [2.45, 2.75) is 32.7 Å². The Morgan fingerprint density at radius 3 is 2.26 bits per heavy atom. The van der Waals surface area contributed by atoms with Gasteiger partial charge in [-0.15, -0.1) is 0 Å². The first-order chi connectivity index (χ1) is 16.4. The quantitative estimate of drug-likeness (QED) is 0.442. The van der Waals surface area contributed by atoms with Gasteiger partial charge in [-0.3, -0.25) is 24.2 Å². The molecule has 0 N–H and O–H groups in total. The predicted molar refractivity (Wildman–Crippen MR) is 128 cm³/mol. The average molecular weight is 466 g/mol. The summed E-state index contributed by atoms with van der Waals surface area (Å²) in [5, 5.41) is 0. The Bertz CT molecular complexity index is 1010. The molecule has 0 saturated carbocycles. The molecule has 34 heavy (non-hydrogen) atoms. The summed E-state index contributed by atoms with van der Waals surface area (Å²) in [5.74, 6) is -0.554. The summed E-state index contributed by atoms with van der Waals surface area (Å²) in [4.78, 5) is 43.5. The van der Waals surface area contributed by atoms with E-state index in [1.54, 1.807) is 12.1 Å². The molecule has 2 saturated heterocycles. The lowest BCUT2D eigenvalue weighted by Gasteiger charge is -2.34. The number of hydrogen-bond acceptors (Lipinski definition) is 5. The number of benzene rings is 2. The maximum absolute atomic E-state index is 13.1. The highest BCUT2D eigenvalue weighted by Gasteiger charge is 2.31. The van der Waals surface area contributed by atoms with E-state index in [9.17, 15) is 18.8 Å². The van der Waals surface area contributed by atoms with Gasteiger partial charge in [-0.2, -0.15) is 0 Å². The molecule has 4 rings (SSSR count). The first kappa shape index (κ1) is 24.2. The highest BCUT2D eigenvalue weighted by molar-refractivity contribution is 5.99. The van der Waals surface area contributed by atoms with Crippen molar-refractivity contribution in [3.8, 4) is 0 Å². The van der Waals surface area contributed by atoms with Crippen LogP contribution in [0.3, 0.4) is 0 Å². The molecule has 0 aliphatic carbocycles. The molecule has 180 valence electrons. The van der Waals surface area contributed by atoms with Gasteiger partial charge in [-0.05, 0) is 75.6 Å². The lowest BCUT2D eigenvalue weighted by molar-refractivity contribution is -0.151. The number of carbonyl (C=O) groups excluding carboxylic acids is 3. The number of amides is 2. The van der Waals surface area contributed by atoms with Gasteiger partial charge in [0, 0.05) is 24.6 Å². The molecule has 0 bridgehead atoms.